The number of halogens is 3. The fourth-order valence-electron chi connectivity index (χ4n) is 1.10. The van der Waals surface area contributed by atoms with Crippen LogP contribution in [0.5, 0.6) is 0 Å². The van der Waals surface area contributed by atoms with E-state index in [1.165, 1.54) is 0 Å². The van der Waals surface area contributed by atoms with Gasteiger partial charge in [-0.15, -0.1) is 11.6 Å². The molecule has 0 saturated carbocycles. The molecule has 0 aliphatic carbocycles. The maximum absolute atomic E-state index is 6.01. The minimum Gasteiger partial charge on any atom is -0.369 e. The quantitative estimate of drug-likeness (QED) is 0.825. The van der Waals surface area contributed by atoms with Crippen molar-refractivity contribution in [3.05, 3.63) is 21.8 Å². The molecule has 0 aromatic carbocycles. The number of pyridine rings is 1. The molecule has 0 bridgehead atoms. The molecule has 0 aliphatic heterocycles. The molecule has 0 fully saturated rings. The van der Waals surface area contributed by atoms with Gasteiger partial charge in [0.1, 0.15) is 5.82 Å². The van der Waals surface area contributed by atoms with Gasteiger partial charge in [0.05, 0.1) is 5.02 Å². The second-order valence-electron chi connectivity index (χ2n) is 3.45. The van der Waals surface area contributed by atoms with Gasteiger partial charge in [0.25, 0.3) is 0 Å². The van der Waals surface area contributed by atoms with Crippen molar-refractivity contribution < 1.29 is 0 Å². The van der Waals surface area contributed by atoms with Crippen molar-refractivity contribution in [1.82, 2.24) is 4.98 Å². The number of hydrogen-bond acceptors (Lipinski definition) is 2. The highest BCUT2D eigenvalue weighted by molar-refractivity contribution is 9.10. The first-order valence-electron chi connectivity index (χ1n) is 4.74. The molecule has 2 nitrogen and oxygen atoms in total. The van der Waals surface area contributed by atoms with E-state index in [9.17, 15) is 0 Å². The van der Waals surface area contributed by atoms with Crippen LogP contribution in [-0.4, -0.2) is 17.4 Å². The molecular formula is C10H13BrCl2N2. The zero-order valence-corrected chi connectivity index (χ0v) is 11.5. The standard InChI is InChI=1S/C10H13BrCl2N2/c1-7(2-3-12)5-14-10-9(13)4-8(11)6-15-10/h4,6-7H,2-3,5H2,1H3,(H,14,15). The molecule has 1 heterocycles. The van der Waals surface area contributed by atoms with Crippen LogP contribution < -0.4 is 5.32 Å². The predicted octanol–water partition coefficient (Wildman–Crippen LogP) is 4.17. The zero-order valence-electron chi connectivity index (χ0n) is 8.43. The fraction of sp³-hybridized carbons (Fsp3) is 0.500. The molecule has 0 amide bonds. The van der Waals surface area contributed by atoms with Gasteiger partial charge in [-0.25, -0.2) is 4.98 Å². The Labute approximate surface area is 108 Å². The summed E-state index contributed by atoms with van der Waals surface area (Å²) in [5.41, 5.74) is 0. The van der Waals surface area contributed by atoms with Crippen LogP contribution in [0.25, 0.3) is 0 Å². The zero-order chi connectivity index (χ0) is 11.3. The molecule has 0 radical (unpaired) electrons. The Hall–Kier alpha value is 0.01000. The fourth-order valence-corrected chi connectivity index (χ4v) is 2.17. The molecule has 1 N–H and O–H groups in total. The lowest BCUT2D eigenvalue weighted by molar-refractivity contribution is 0.596. The summed E-state index contributed by atoms with van der Waals surface area (Å²) in [6.45, 7) is 2.98. The van der Waals surface area contributed by atoms with Gasteiger partial charge in [-0.1, -0.05) is 18.5 Å². The SMILES string of the molecule is CC(CCCl)CNc1ncc(Br)cc1Cl. The minimum absolute atomic E-state index is 0.518. The molecule has 0 saturated heterocycles. The summed E-state index contributed by atoms with van der Waals surface area (Å²) in [6.07, 6.45) is 2.71. The van der Waals surface area contributed by atoms with E-state index in [0.29, 0.717) is 16.8 Å². The van der Waals surface area contributed by atoms with Gasteiger partial charge in [-0.05, 0) is 34.3 Å². The maximum Gasteiger partial charge on any atom is 0.144 e. The number of anilines is 1. The molecule has 1 aromatic heterocycles. The third-order valence-corrected chi connectivity index (χ3v) is 2.97. The topological polar surface area (TPSA) is 24.9 Å². The predicted molar refractivity (Wildman–Crippen MR) is 69.9 cm³/mol. The van der Waals surface area contributed by atoms with Gasteiger partial charge >= 0.3 is 0 Å². The summed E-state index contributed by atoms with van der Waals surface area (Å²) >= 11 is 15.0. The number of rotatable bonds is 5. The Bertz CT molecular complexity index is 320. The highest BCUT2D eigenvalue weighted by Crippen LogP contribution is 2.23. The van der Waals surface area contributed by atoms with E-state index in [2.05, 4.69) is 33.2 Å². The van der Waals surface area contributed by atoms with E-state index in [1.54, 1.807) is 6.20 Å². The second kappa shape index (κ2) is 6.56. The van der Waals surface area contributed by atoms with Crippen LogP contribution in [0.15, 0.2) is 16.7 Å². The molecule has 1 unspecified atom stereocenters. The van der Waals surface area contributed by atoms with Crippen LogP contribution in [-0.2, 0) is 0 Å². The van der Waals surface area contributed by atoms with E-state index in [1.807, 2.05) is 6.07 Å². The first kappa shape index (κ1) is 13.1. The lowest BCUT2D eigenvalue weighted by Crippen LogP contribution is -2.12. The molecule has 0 spiro atoms. The van der Waals surface area contributed by atoms with Gasteiger partial charge in [0.2, 0.25) is 0 Å². The lowest BCUT2D eigenvalue weighted by Gasteiger charge is -2.12. The molecule has 5 heteroatoms. The Morgan fingerprint density at radius 2 is 2.33 bits per heavy atom. The highest BCUT2D eigenvalue weighted by atomic mass is 79.9. The summed E-state index contributed by atoms with van der Waals surface area (Å²) in [5.74, 6) is 1.93. The van der Waals surface area contributed by atoms with Crippen molar-refractivity contribution >= 4 is 44.9 Å². The summed E-state index contributed by atoms with van der Waals surface area (Å²) in [4.78, 5) is 4.19. The Morgan fingerprint density at radius 3 is 2.93 bits per heavy atom. The van der Waals surface area contributed by atoms with Crippen molar-refractivity contribution in [3.8, 4) is 0 Å². The maximum atomic E-state index is 6.01. The molecule has 15 heavy (non-hydrogen) atoms. The molecule has 1 rings (SSSR count). The summed E-state index contributed by atoms with van der Waals surface area (Å²) in [5, 5.41) is 3.83. The van der Waals surface area contributed by atoms with Crippen molar-refractivity contribution in [3.63, 3.8) is 0 Å². The van der Waals surface area contributed by atoms with Gasteiger partial charge in [0, 0.05) is 23.1 Å². The monoisotopic (exact) mass is 310 g/mol. The summed E-state index contributed by atoms with van der Waals surface area (Å²) in [6, 6.07) is 1.82. The highest BCUT2D eigenvalue weighted by Gasteiger charge is 2.05. The van der Waals surface area contributed by atoms with E-state index in [4.69, 9.17) is 23.2 Å². The molecule has 1 aromatic rings. The van der Waals surface area contributed by atoms with Crippen LogP contribution in [0.1, 0.15) is 13.3 Å². The lowest BCUT2D eigenvalue weighted by atomic mass is 10.1. The van der Waals surface area contributed by atoms with Crippen molar-refractivity contribution in [2.45, 2.75) is 13.3 Å². The van der Waals surface area contributed by atoms with Crippen molar-refractivity contribution in [2.24, 2.45) is 5.92 Å². The smallest absolute Gasteiger partial charge is 0.144 e. The number of nitrogens with zero attached hydrogens (tertiary/aromatic N) is 1. The molecular weight excluding hydrogens is 299 g/mol. The van der Waals surface area contributed by atoms with Gasteiger partial charge in [-0.3, -0.25) is 0 Å². The summed E-state index contributed by atoms with van der Waals surface area (Å²) < 4.78 is 0.881. The van der Waals surface area contributed by atoms with E-state index in [0.717, 1.165) is 23.3 Å². The van der Waals surface area contributed by atoms with Gasteiger partial charge in [0.15, 0.2) is 0 Å². The van der Waals surface area contributed by atoms with Crippen molar-refractivity contribution in [1.29, 1.82) is 0 Å². The second-order valence-corrected chi connectivity index (χ2v) is 5.15. The normalized spacial score (nSPS) is 12.5. The number of aromatic nitrogens is 1. The van der Waals surface area contributed by atoms with E-state index >= 15 is 0 Å². The van der Waals surface area contributed by atoms with Gasteiger partial charge < -0.3 is 5.32 Å². The molecule has 0 aliphatic rings. The van der Waals surface area contributed by atoms with Crippen LogP contribution in [0.2, 0.25) is 5.02 Å². The van der Waals surface area contributed by atoms with Gasteiger partial charge in [-0.2, -0.15) is 0 Å². The first-order chi connectivity index (χ1) is 7.13. The first-order valence-corrected chi connectivity index (χ1v) is 6.45. The third-order valence-electron chi connectivity index (χ3n) is 2.03. The Morgan fingerprint density at radius 1 is 1.60 bits per heavy atom. The Balaban J connectivity index is 2.50. The average molecular weight is 312 g/mol. The number of alkyl halides is 1. The van der Waals surface area contributed by atoms with Crippen LogP contribution in [0.3, 0.4) is 0 Å². The average Bonchev–Trinajstić information content (AvgIpc) is 2.17. The van der Waals surface area contributed by atoms with Crippen LogP contribution in [0.4, 0.5) is 5.82 Å². The number of nitrogens with one attached hydrogen (secondary N) is 1. The van der Waals surface area contributed by atoms with Crippen molar-refractivity contribution in [2.75, 3.05) is 17.7 Å². The summed E-state index contributed by atoms with van der Waals surface area (Å²) in [7, 11) is 0. The van der Waals surface area contributed by atoms with E-state index in [-0.39, 0.29) is 0 Å². The molecule has 1 atom stereocenters. The van der Waals surface area contributed by atoms with Crippen LogP contribution >= 0.6 is 39.1 Å². The Kier molecular flexibility index (Phi) is 5.72. The number of hydrogen-bond donors (Lipinski definition) is 1. The largest absolute Gasteiger partial charge is 0.369 e. The third kappa shape index (κ3) is 4.58. The molecule has 84 valence electrons. The minimum atomic E-state index is 0.518. The van der Waals surface area contributed by atoms with E-state index < -0.39 is 0 Å². The van der Waals surface area contributed by atoms with Crippen LogP contribution in [0, 0.1) is 5.92 Å².